The molecule has 0 unspecified atom stereocenters. The van der Waals surface area contributed by atoms with Crippen molar-refractivity contribution in [1.29, 1.82) is 0 Å². The van der Waals surface area contributed by atoms with Gasteiger partial charge >= 0.3 is 24.1 Å². The van der Waals surface area contributed by atoms with E-state index in [4.69, 9.17) is 14.2 Å². The molecule has 376 valence electrons. The van der Waals surface area contributed by atoms with Crippen LogP contribution in [0.15, 0.2) is 42.5 Å². The zero-order valence-corrected chi connectivity index (χ0v) is 43.1. The van der Waals surface area contributed by atoms with Crippen LogP contribution in [0.2, 0.25) is 0 Å². The standard InChI is InChI=1S/2C28H47NO4/c1-5-6-7-8-9-10-11-12-13-14-15-16-17-18-23-32-26(30)24-19-21-25(22-20-24)29-27(31)33-28(2,3)4;1-5-6-7-8-9-10-11-12-13-14-15-16-17-18-19-23-22-24(20-21-25(23)26(30)31)29-27(32)33-28(2,3)4/h19-22H,5-18,23H2,1-4H3,(H,29,31);20-22H,5-19H2,1-4H3,(H,29,32)(H,30,31). The number of rotatable bonds is 34. The summed E-state index contributed by atoms with van der Waals surface area (Å²) in [5.41, 5.74) is 1.55. The number of carboxylic acids is 1. The molecule has 2 rings (SSSR count). The third kappa shape index (κ3) is 34.3. The van der Waals surface area contributed by atoms with Gasteiger partial charge in [-0.2, -0.15) is 0 Å². The summed E-state index contributed by atoms with van der Waals surface area (Å²) in [6.07, 6.45) is 36.0. The van der Waals surface area contributed by atoms with Crippen molar-refractivity contribution in [3.8, 4) is 0 Å². The lowest BCUT2D eigenvalue weighted by atomic mass is 9.99. The highest BCUT2D eigenvalue weighted by Crippen LogP contribution is 2.22. The van der Waals surface area contributed by atoms with Gasteiger partial charge in [0.05, 0.1) is 17.7 Å². The van der Waals surface area contributed by atoms with Crippen molar-refractivity contribution in [1.82, 2.24) is 0 Å². The predicted octanol–water partition coefficient (Wildman–Crippen LogP) is 17.4. The van der Waals surface area contributed by atoms with Crippen molar-refractivity contribution >= 4 is 35.5 Å². The van der Waals surface area contributed by atoms with Crippen LogP contribution >= 0.6 is 0 Å². The largest absolute Gasteiger partial charge is 0.478 e. The van der Waals surface area contributed by atoms with E-state index in [1.165, 1.54) is 154 Å². The maximum absolute atomic E-state index is 12.2. The molecule has 0 spiro atoms. The number of aryl methyl sites for hydroxylation is 1. The Kier molecular flexibility index (Phi) is 33.6. The van der Waals surface area contributed by atoms with E-state index in [1.54, 1.807) is 63.2 Å². The fourth-order valence-electron chi connectivity index (χ4n) is 7.67. The van der Waals surface area contributed by atoms with Crippen LogP contribution in [0.3, 0.4) is 0 Å². The Labute approximate surface area is 401 Å². The average molecular weight is 923 g/mol. The molecule has 0 bridgehead atoms. The van der Waals surface area contributed by atoms with E-state index in [0.29, 0.717) is 35.5 Å². The molecule has 0 heterocycles. The summed E-state index contributed by atoms with van der Waals surface area (Å²) in [5, 5.41) is 14.8. The summed E-state index contributed by atoms with van der Waals surface area (Å²) in [4.78, 5) is 47.5. The van der Waals surface area contributed by atoms with Crippen molar-refractivity contribution < 1.29 is 38.5 Å². The molecule has 0 fully saturated rings. The highest BCUT2D eigenvalue weighted by molar-refractivity contribution is 5.92. The molecular weight excluding hydrogens is 829 g/mol. The molecule has 0 aromatic heterocycles. The summed E-state index contributed by atoms with van der Waals surface area (Å²) in [5.74, 6) is -1.26. The molecule has 10 nitrogen and oxygen atoms in total. The Morgan fingerprint density at radius 3 is 1.20 bits per heavy atom. The fourth-order valence-corrected chi connectivity index (χ4v) is 7.67. The number of anilines is 2. The first-order valence-corrected chi connectivity index (χ1v) is 26.2. The number of aromatic carboxylic acids is 1. The van der Waals surface area contributed by atoms with Gasteiger partial charge in [-0.3, -0.25) is 10.6 Å². The Morgan fingerprint density at radius 2 is 0.818 bits per heavy atom. The molecule has 0 atom stereocenters. The quantitative estimate of drug-likeness (QED) is 0.0358. The molecule has 2 aromatic rings. The Balaban J connectivity index is 0.000000660. The first-order chi connectivity index (χ1) is 31.5. The van der Waals surface area contributed by atoms with E-state index < -0.39 is 29.4 Å². The molecular formula is C56H94N2O8. The van der Waals surface area contributed by atoms with Gasteiger partial charge in [0.15, 0.2) is 0 Å². The summed E-state index contributed by atoms with van der Waals surface area (Å²) >= 11 is 0. The third-order valence-electron chi connectivity index (χ3n) is 11.3. The van der Waals surface area contributed by atoms with Crippen LogP contribution in [0.5, 0.6) is 0 Å². The second-order valence-electron chi connectivity index (χ2n) is 20.1. The number of hydrogen-bond acceptors (Lipinski definition) is 7. The van der Waals surface area contributed by atoms with Crippen LogP contribution in [0.4, 0.5) is 21.0 Å². The maximum atomic E-state index is 12.2. The van der Waals surface area contributed by atoms with E-state index in [0.717, 1.165) is 31.2 Å². The lowest BCUT2D eigenvalue weighted by Crippen LogP contribution is -2.27. The number of unbranched alkanes of at least 4 members (excludes halogenated alkanes) is 26. The zero-order chi connectivity index (χ0) is 48.9. The minimum absolute atomic E-state index is 0.305. The monoisotopic (exact) mass is 923 g/mol. The molecule has 0 saturated carbocycles. The number of carbonyl (C=O) groups excluding carboxylic acids is 3. The van der Waals surface area contributed by atoms with Gasteiger partial charge in [0, 0.05) is 11.4 Å². The van der Waals surface area contributed by atoms with E-state index in [9.17, 15) is 24.3 Å². The first kappa shape index (κ1) is 59.9. The average Bonchev–Trinajstić information content (AvgIpc) is 3.24. The molecule has 0 aliphatic carbocycles. The first-order valence-electron chi connectivity index (χ1n) is 26.2. The van der Waals surface area contributed by atoms with Crippen molar-refractivity contribution in [3.05, 3.63) is 59.2 Å². The van der Waals surface area contributed by atoms with Gasteiger partial charge in [0.2, 0.25) is 0 Å². The van der Waals surface area contributed by atoms with Crippen LogP contribution in [0.25, 0.3) is 0 Å². The minimum atomic E-state index is -0.931. The highest BCUT2D eigenvalue weighted by atomic mass is 16.6. The van der Waals surface area contributed by atoms with Crippen molar-refractivity contribution in [2.24, 2.45) is 0 Å². The number of esters is 1. The van der Waals surface area contributed by atoms with E-state index in [1.807, 2.05) is 20.8 Å². The Hall–Kier alpha value is -4.08. The number of nitrogens with one attached hydrogen (secondary N) is 2. The zero-order valence-electron chi connectivity index (χ0n) is 43.1. The highest BCUT2D eigenvalue weighted by Gasteiger charge is 2.18. The molecule has 3 N–H and O–H groups in total. The van der Waals surface area contributed by atoms with E-state index in [-0.39, 0.29) is 5.97 Å². The molecule has 2 aromatic carbocycles. The van der Waals surface area contributed by atoms with Crippen molar-refractivity contribution in [3.63, 3.8) is 0 Å². The van der Waals surface area contributed by atoms with Crippen LogP contribution in [0.1, 0.15) is 261 Å². The van der Waals surface area contributed by atoms with Gasteiger partial charge in [0.25, 0.3) is 0 Å². The number of carbonyl (C=O) groups is 4. The summed E-state index contributed by atoms with van der Waals surface area (Å²) < 4.78 is 15.9. The second kappa shape index (κ2) is 37.0. The maximum Gasteiger partial charge on any atom is 0.412 e. The lowest BCUT2D eigenvalue weighted by Gasteiger charge is -2.20. The molecule has 0 radical (unpaired) electrons. The Bertz CT molecular complexity index is 1580. The summed E-state index contributed by atoms with van der Waals surface area (Å²) in [6, 6.07) is 11.6. The molecule has 66 heavy (non-hydrogen) atoms. The van der Waals surface area contributed by atoms with Crippen LogP contribution in [-0.2, 0) is 20.6 Å². The predicted molar refractivity (Wildman–Crippen MR) is 274 cm³/mol. The number of hydrogen-bond donors (Lipinski definition) is 3. The SMILES string of the molecule is CCCCCCCCCCCCCCCCOC(=O)c1ccc(NC(=O)OC(C)(C)C)cc1.CCCCCCCCCCCCCCCCc1cc(NC(=O)OC(C)(C)C)ccc1C(=O)O. The van der Waals surface area contributed by atoms with Gasteiger partial charge in [-0.1, -0.05) is 181 Å². The van der Waals surface area contributed by atoms with Crippen LogP contribution < -0.4 is 10.6 Å². The number of carboxylic acid groups (broad SMARTS) is 1. The smallest absolute Gasteiger partial charge is 0.412 e. The van der Waals surface area contributed by atoms with Gasteiger partial charge < -0.3 is 19.3 Å². The second-order valence-corrected chi connectivity index (χ2v) is 20.1. The van der Waals surface area contributed by atoms with Crippen molar-refractivity contribution in [2.75, 3.05) is 17.2 Å². The van der Waals surface area contributed by atoms with Crippen molar-refractivity contribution in [2.45, 2.75) is 253 Å². The molecule has 0 saturated heterocycles. The van der Waals surface area contributed by atoms with E-state index >= 15 is 0 Å². The molecule has 2 amide bonds. The number of amides is 2. The molecule has 10 heteroatoms. The third-order valence-corrected chi connectivity index (χ3v) is 11.3. The molecule has 0 aliphatic rings. The minimum Gasteiger partial charge on any atom is -0.478 e. The van der Waals surface area contributed by atoms with Gasteiger partial charge in [0.1, 0.15) is 11.2 Å². The summed E-state index contributed by atoms with van der Waals surface area (Å²) in [6.45, 7) is 15.8. The van der Waals surface area contributed by atoms with Gasteiger partial charge in [-0.05, 0) is 109 Å². The van der Waals surface area contributed by atoms with E-state index in [2.05, 4.69) is 24.5 Å². The number of benzene rings is 2. The molecule has 0 aliphatic heterocycles. The lowest BCUT2D eigenvalue weighted by molar-refractivity contribution is 0.0496. The normalized spacial score (nSPS) is 11.3. The van der Waals surface area contributed by atoms with Crippen LogP contribution in [-0.4, -0.2) is 47.0 Å². The Morgan fingerprint density at radius 1 is 0.470 bits per heavy atom. The topological polar surface area (TPSA) is 140 Å². The number of ether oxygens (including phenoxy) is 3. The van der Waals surface area contributed by atoms with Gasteiger partial charge in [-0.15, -0.1) is 0 Å². The fraction of sp³-hybridized carbons (Fsp3) is 0.714. The van der Waals surface area contributed by atoms with Gasteiger partial charge in [-0.25, -0.2) is 19.2 Å². The van der Waals surface area contributed by atoms with Crippen LogP contribution in [0, 0.1) is 0 Å². The summed E-state index contributed by atoms with van der Waals surface area (Å²) in [7, 11) is 0.